The molecule has 21 heavy (non-hydrogen) atoms. The van der Waals surface area contributed by atoms with Crippen LogP contribution < -0.4 is 5.32 Å². The number of hydrogen-bond donors (Lipinski definition) is 1. The van der Waals surface area contributed by atoms with Crippen LogP contribution in [-0.2, 0) is 17.4 Å². The fraction of sp³-hybridized carbons (Fsp3) is 0.133. The number of alkyl halides is 3. The van der Waals surface area contributed by atoms with E-state index in [2.05, 4.69) is 5.32 Å². The average molecular weight is 312 g/mol. The van der Waals surface area contributed by atoms with Crippen molar-refractivity contribution in [3.05, 3.63) is 52.5 Å². The van der Waals surface area contributed by atoms with Crippen LogP contribution in [0.5, 0.6) is 0 Å². The Balaban J connectivity index is 2.09. The fourth-order valence-electron chi connectivity index (χ4n) is 2.32. The van der Waals surface area contributed by atoms with Crippen LogP contribution in [0.4, 0.5) is 18.9 Å². The molecule has 2 aromatic carbocycles. The van der Waals surface area contributed by atoms with Crippen LogP contribution in [-0.4, -0.2) is 5.91 Å². The van der Waals surface area contributed by atoms with Gasteiger partial charge in [0.15, 0.2) is 0 Å². The zero-order chi connectivity index (χ0) is 15.2. The van der Waals surface area contributed by atoms with Crippen molar-refractivity contribution in [1.29, 1.82) is 0 Å². The maximum Gasteiger partial charge on any atom is 0.416 e. The van der Waals surface area contributed by atoms with Crippen LogP contribution in [0.3, 0.4) is 0 Å². The second-order valence-electron chi connectivity index (χ2n) is 4.79. The third-order valence-electron chi connectivity index (χ3n) is 3.34. The molecule has 0 unspecified atom stereocenters. The van der Waals surface area contributed by atoms with Gasteiger partial charge in [-0.05, 0) is 41.5 Å². The van der Waals surface area contributed by atoms with Gasteiger partial charge in [0.25, 0.3) is 0 Å². The number of carbonyl (C=O) groups excluding carboxylic acids is 1. The fourth-order valence-corrected chi connectivity index (χ4v) is 2.55. The lowest BCUT2D eigenvalue weighted by atomic mass is 9.99. The number of fused-ring (bicyclic) bond motifs is 1. The summed E-state index contributed by atoms with van der Waals surface area (Å²) in [7, 11) is 0. The molecule has 6 heteroatoms. The Morgan fingerprint density at radius 1 is 1.10 bits per heavy atom. The first-order valence-corrected chi connectivity index (χ1v) is 6.52. The van der Waals surface area contributed by atoms with E-state index in [1.807, 2.05) is 0 Å². The molecule has 2 aromatic rings. The molecule has 0 spiro atoms. The first-order valence-electron chi connectivity index (χ1n) is 6.14. The summed E-state index contributed by atoms with van der Waals surface area (Å²) in [5.74, 6) is -0.128. The van der Waals surface area contributed by atoms with E-state index in [4.69, 9.17) is 11.6 Å². The van der Waals surface area contributed by atoms with Gasteiger partial charge in [-0.3, -0.25) is 4.79 Å². The van der Waals surface area contributed by atoms with Crippen molar-refractivity contribution in [2.75, 3.05) is 5.32 Å². The lowest BCUT2D eigenvalue weighted by Crippen LogP contribution is -2.04. The van der Waals surface area contributed by atoms with Crippen molar-refractivity contribution >= 4 is 23.2 Å². The van der Waals surface area contributed by atoms with Crippen molar-refractivity contribution in [2.45, 2.75) is 12.6 Å². The van der Waals surface area contributed by atoms with Crippen LogP contribution in [0.15, 0.2) is 36.4 Å². The van der Waals surface area contributed by atoms with Crippen LogP contribution in [0.1, 0.15) is 11.1 Å². The highest BCUT2D eigenvalue weighted by molar-refractivity contribution is 6.33. The summed E-state index contributed by atoms with van der Waals surface area (Å²) in [6.07, 6.45) is -4.20. The zero-order valence-corrected chi connectivity index (χ0v) is 11.3. The summed E-state index contributed by atoms with van der Waals surface area (Å²) in [6.45, 7) is 0. The Labute approximate surface area is 123 Å². The van der Waals surface area contributed by atoms with Gasteiger partial charge in [0, 0.05) is 16.3 Å². The standard InChI is InChI=1S/C15H9ClF3NO/c16-12-3-2-10(15(17,18)19)7-11(12)8-1-4-13-9(5-8)6-14(21)20-13/h1-5,7H,6H2,(H,20,21). The predicted octanol–water partition coefficient (Wildman–Crippen LogP) is 4.52. The van der Waals surface area contributed by atoms with E-state index in [9.17, 15) is 18.0 Å². The Morgan fingerprint density at radius 3 is 2.57 bits per heavy atom. The molecule has 1 amide bonds. The van der Waals surface area contributed by atoms with Gasteiger partial charge in [-0.2, -0.15) is 13.2 Å². The molecule has 0 aliphatic carbocycles. The summed E-state index contributed by atoms with van der Waals surface area (Å²) in [6, 6.07) is 8.21. The Bertz CT molecular complexity index is 740. The third kappa shape index (κ3) is 2.61. The average Bonchev–Trinajstić information content (AvgIpc) is 2.76. The molecule has 1 aliphatic rings. The number of anilines is 1. The molecular weight excluding hydrogens is 303 g/mol. The van der Waals surface area contributed by atoms with Crippen LogP contribution in [0.2, 0.25) is 5.02 Å². The smallest absolute Gasteiger partial charge is 0.326 e. The number of benzene rings is 2. The molecule has 1 heterocycles. The van der Waals surface area contributed by atoms with Gasteiger partial charge in [0.1, 0.15) is 0 Å². The van der Waals surface area contributed by atoms with E-state index in [0.717, 1.165) is 17.7 Å². The number of halogens is 4. The molecule has 0 aromatic heterocycles. The molecule has 1 N–H and O–H groups in total. The number of nitrogens with one attached hydrogen (secondary N) is 1. The van der Waals surface area contributed by atoms with E-state index < -0.39 is 11.7 Å². The van der Waals surface area contributed by atoms with Crippen LogP contribution in [0, 0.1) is 0 Å². The molecule has 0 radical (unpaired) electrons. The quantitative estimate of drug-likeness (QED) is 0.824. The minimum absolute atomic E-state index is 0.128. The molecule has 0 fully saturated rings. The van der Waals surface area contributed by atoms with Gasteiger partial charge in [-0.1, -0.05) is 17.7 Å². The van der Waals surface area contributed by atoms with Gasteiger partial charge in [0.2, 0.25) is 5.91 Å². The van der Waals surface area contributed by atoms with Crippen LogP contribution >= 0.6 is 11.6 Å². The second kappa shape index (κ2) is 4.77. The summed E-state index contributed by atoms with van der Waals surface area (Å²) >= 11 is 6.01. The molecular formula is C15H9ClF3NO. The van der Waals surface area contributed by atoms with E-state index in [1.165, 1.54) is 6.07 Å². The number of carbonyl (C=O) groups is 1. The van der Waals surface area contributed by atoms with Gasteiger partial charge >= 0.3 is 6.18 Å². The normalized spacial score (nSPS) is 14.0. The van der Waals surface area contributed by atoms with E-state index in [0.29, 0.717) is 16.8 Å². The molecule has 3 rings (SSSR count). The summed E-state index contributed by atoms with van der Waals surface area (Å²) < 4.78 is 38.4. The highest BCUT2D eigenvalue weighted by atomic mass is 35.5. The minimum atomic E-state index is -4.42. The Kier molecular flexibility index (Phi) is 3.17. The molecule has 0 saturated heterocycles. The predicted molar refractivity (Wildman–Crippen MR) is 74.2 cm³/mol. The Morgan fingerprint density at radius 2 is 1.86 bits per heavy atom. The minimum Gasteiger partial charge on any atom is -0.326 e. The lowest BCUT2D eigenvalue weighted by Gasteiger charge is -2.11. The van der Waals surface area contributed by atoms with Crippen molar-refractivity contribution in [3.63, 3.8) is 0 Å². The maximum absolute atomic E-state index is 12.8. The molecule has 108 valence electrons. The third-order valence-corrected chi connectivity index (χ3v) is 3.66. The van der Waals surface area contributed by atoms with E-state index >= 15 is 0 Å². The molecule has 1 aliphatic heterocycles. The topological polar surface area (TPSA) is 29.1 Å². The SMILES string of the molecule is O=C1Cc2cc(-c3cc(C(F)(F)F)ccc3Cl)ccc2N1. The number of hydrogen-bond acceptors (Lipinski definition) is 1. The van der Waals surface area contributed by atoms with Gasteiger partial charge in [-0.25, -0.2) is 0 Å². The van der Waals surface area contributed by atoms with Gasteiger partial charge < -0.3 is 5.32 Å². The molecule has 2 nitrogen and oxygen atoms in total. The van der Waals surface area contributed by atoms with Crippen molar-refractivity contribution in [2.24, 2.45) is 0 Å². The van der Waals surface area contributed by atoms with Crippen LogP contribution in [0.25, 0.3) is 11.1 Å². The number of rotatable bonds is 1. The highest BCUT2D eigenvalue weighted by Crippen LogP contribution is 2.37. The first kappa shape index (κ1) is 13.9. The number of amides is 1. The summed E-state index contributed by atoms with van der Waals surface area (Å²) in [4.78, 5) is 11.3. The summed E-state index contributed by atoms with van der Waals surface area (Å²) in [5.41, 5.74) is 1.55. The maximum atomic E-state index is 12.8. The molecule has 0 bridgehead atoms. The van der Waals surface area contributed by atoms with Crippen molar-refractivity contribution in [1.82, 2.24) is 0 Å². The Hall–Kier alpha value is -2.01. The van der Waals surface area contributed by atoms with Crippen molar-refractivity contribution < 1.29 is 18.0 Å². The van der Waals surface area contributed by atoms with Gasteiger partial charge in [-0.15, -0.1) is 0 Å². The molecule has 0 atom stereocenters. The van der Waals surface area contributed by atoms with E-state index in [-0.39, 0.29) is 17.4 Å². The largest absolute Gasteiger partial charge is 0.416 e. The lowest BCUT2D eigenvalue weighted by molar-refractivity contribution is -0.137. The molecule has 0 saturated carbocycles. The zero-order valence-electron chi connectivity index (χ0n) is 10.6. The monoisotopic (exact) mass is 311 g/mol. The summed E-state index contributed by atoms with van der Waals surface area (Å²) in [5, 5.41) is 2.91. The van der Waals surface area contributed by atoms with E-state index in [1.54, 1.807) is 18.2 Å². The highest BCUT2D eigenvalue weighted by Gasteiger charge is 2.31. The first-order chi connectivity index (χ1) is 9.84. The van der Waals surface area contributed by atoms with Gasteiger partial charge in [0.05, 0.1) is 12.0 Å². The van der Waals surface area contributed by atoms with Crippen molar-refractivity contribution in [3.8, 4) is 11.1 Å². The second-order valence-corrected chi connectivity index (χ2v) is 5.20.